The number of nitrogens with zero attached hydrogens (tertiary/aromatic N) is 1. The molecule has 3 N–H and O–H groups in total. The molecule has 0 aliphatic carbocycles. The number of aliphatic imine (C=N–C) groups is 1. The summed E-state index contributed by atoms with van der Waals surface area (Å²) >= 11 is 7.59. The Morgan fingerprint density at radius 1 is 1.13 bits per heavy atom. The van der Waals surface area contributed by atoms with Crippen molar-refractivity contribution in [1.29, 1.82) is 0 Å². The van der Waals surface area contributed by atoms with Gasteiger partial charge in [-0.2, -0.15) is 0 Å². The highest BCUT2D eigenvalue weighted by atomic mass is 127. The van der Waals surface area contributed by atoms with E-state index in [1.54, 1.807) is 11.8 Å². The van der Waals surface area contributed by atoms with Crippen molar-refractivity contribution in [3.63, 3.8) is 0 Å². The van der Waals surface area contributed by atoms with E-state index in [0.29, 0.717) is 12.5 Å². The van der Waals surface area contributed by atoms with Gasteiger partial charge in [-0.15, -0.1) is 35.7 Å². The highest BCUT2D eigenvalue weighted by molar-refractivity contribution is 14.0. The molecule has 0 bridgehead atoms. The second kappa shape index (κ2) is 13.7. The molecule has 1 amide bonds. The van der Waals surface area contributed by atoms with Gasteiger partial charge in [0.05, 0.1) is 0 Å². The van der Waals surface area contributed by atoms with Gasteiger partial charge >= 0.3 is 0 Å². The van der Waals surface area contributed by atoms with E-state index in [1.807, 2.05) is 38.1 Å². The van der Waals surface area contributed by atoms with Crippen LogP contribution in [0.3, 0.4) is 0 Å². The highest BCUT2D eigenvalue weighted by Gasteiger charge is 2.01. The van der Waals surface area contributed by atoms with E-state index in [9.17, 15) is 4.79 Å². The van der Waals surface area contributed by atoms with E-state index in [2.05, 4.69) is 20.9 Å². The number of benzene rings is 1. The van der Waals surface area contributed by atoms with Crippen LogP contribution in [0.5, 0.6) is 0 Å². The predicted molar refractivity (Wildman–Crippen MR) is 110 cm³/mol. The Balaban J connectivity index is 0.00000484. The smallest absolute Gasteiger partial charge is 0.241 e. The van der Waals surface area contributed by atoms with E-state index in [4.69, 9.17) is 11.6 Å². The summed E-state index contributed by atoms with van der Waals surface area (Å²) in [6.07, 6.45) is 0. The molecule has 0 aromatic heterocycles. The lowest BCUT2D eigenvalue weighted by Crippen LogP contribution is -2.39. The van der Waals surface area contributed by atoms with Crippen LogP contribution in [0.25, 0.3) is 0 Å². The van der Waals surface area contributed by atoms with Gasteiger partial charge in [0, 0.05) is 35.3 Å². The second-order valence-electron chi connectivity index (χ2n) is 4.38. The molecule has 8 heteroatoms. The number of thioether (sulfide) groups is 1. The van der Waals surface area contributed by atoms with E-state index in [1.165, 1.54) is 4.90 Å². The Morgan fingerprint density at radius 2 is 1.78 bits per heavy atom. The predicted octanol–water partition coefficient (Wildman–Crippen LogP) is 2.74. The van der Waals surface area contributed by atoms with Crippen molar-refractivity contribution in [1.82, 2.24) is 16.0 Å². The summed E-state index contributed by atoms with van der Waals surface area (Å²) in [5.74, 6) is 1.48. The van der Waals surface area contributed by atoms with Gasteiger partial charge in [-0.25, -0.2) is 4.99 Å². The fraction of sp³-hybridized carbons (Fsp3) is 0.467. The Hall–Kier alpha value is -0.670. The first kappa shape index (κ1) is 22.3. The van der Waals surface area contributed by atoms with Crippen LogP contribution in [0.1, 0.15) is 13.8 Å². The number of guanidine groups is 1. The molecule has 5 nitrogen and oxygen atoms in total. The summed E-state index contributed by atoms with van der Waals surface area (Å²) in [5, 5.41) is 9.79. The lowest BCUT2D eigenvalue weighted by molar-refractivity contribution is -0.119. The monoisotopic (exact) mass is 470 g/mol. The van der Waals surface area contributed by atoms with Crippen molar-refractivity contribution in [3.8, 4) is 0 Å². The normalized spacial score (nSPS) is 10.7. The molecule has 0 spiro atoms. The molecule has 0 unspecified atom stereocenters. The second-order valence-corrected chi connectivity index (χ2v) is 5.98. The fourth-order valence-electron chi connectivity index (χ4n) is 1.61. The average molecular weight is 471 g/mol. The zero-order valence-corrected chi connectivity index (χ0v) is 17.3. The summed E-state index contributed by atoms with van der Waals surface area (Å²) in [7, 11) is 0. The van der Waals surface area contributed by atoms with E-state index in [-0.39, 0.29) is 36.4 Å². The van der Waals surface area contributed by atoms with Crippen LogP contribution in [-0.2, 0) is 4.79 Å². The minimum absolute atomic E-state index is 0. The fourth-order valence-corrected chi connectivity index (χ4v) is 2.51. The molecule has 23 heavy (non-hydrogen) atoms. The number of nitrogens with one attached hydrogen (secondary N) is 3. The number of halogens is 2. The first-order chi connectivity index (χ1) is 10.7. The number of hydrogen-bond donors (Lipinski definition) is 3. The number of rotatable bonds is 8. The molecule has 130 valence electrons. The molecule has 0 aliphatic rings. The van der Waals surface area contributed by atoms with Crippen molar-refractivity contribution in [2.75, 3.05) is 31.9 Å². The van der Waals surface area contributed by atoms with Crippen LogP contribution < -0.4 is 16.0 Å². The number of amides is 1. The Kier molecular flexibility index (Phi) is 13.3. The highest BCUT2D eigenvalue weighted by Crippen LogP contribution is 2.19. The molecule has 1 aromatic carbocycles. The van der Waals surface area contributed by atoms with Gasteiger partial charge in [-0.3, -0.25) is 4.79 Å². The number of carbonyl (C=O) groups excluding carboxylic acids is 1. The van der Waals surface area contributed by atoms with E-state index >= 15 is 0 Å². The van der Waals surface area contributed by atoms with Crippen LogP contribution in [0.4, 0.5) is 0 Å². The Labute approximate surface area is 164 Å². The summed E-state index contributed by atoms with van der Waals surface area (Å²) < 4.78 is 0. The van der Waals surface area contributed by atoms with Crippen LogP contribution >= 0.6 is 47.3 Å². The first-order valence-electron chi connectivity index (χ1n) is 7.33. The lowest BCUT2D eigenvalue weighted by Gasteiger charge is -2.11. The number of likely N-dealkylation sites (N-methyl/N-ethyl adjacent to an activating group) is 1. The topological polar surface area (TPSA) is 65.5 Å². The lowest BCUT2D eigenvalue weighted by atomic mass is 10.4. The van der Waals surface area contributed by atoms with Crippen molar-refractivity contribution in [3.05, 3.63) is 29.3 Å². The van der Waals surface area contributed by atoms with Gasteiger partial charge in [-0.1, -0.05) is 11.6 Å². The van der Waals surface area contributed by atoms with Crippen molar-refractivity contribution in [2.24, 2.45) is 4.99 Å². The van der Waals surface area contributed by atoms with Crippen molar-refractivity contribution < 1.29 is 4.79 Å². The third kappa shape index (κ3) is 10.7. The molecule has 0 atom stereocenters. The molecule has 0 aliphatic heterocycles. The van der Waals surface area contributed by atoms with Gasteiger partial charge in [-0.05, 0) is 38.1 Å². The maximum Gasteiger partial charge on any atom is 0.241 e. The summed E-state index contributed by atoms with van der Waals surface area (Å²) in [6, 6.07) is 7.77. The molecular formula is C15H24ClIN4OS. The molecule has 1 rings (SSSR count). The summed E-state index contributed by atoms with van der Waals surface area (Å²) in [6.45, 7) is 6.15. The van der Waals surface area contributed by atoms with Gasteiger partial charge in [0.1, 0.15) is 6.54 Å². The molecule has 0 radical (unpaired) electrons. The zero-order valence-electron chi connectivity index (χ0n) is 13.4. The third-order valence-corrected chi connectivity index (χ3v) is 3.84. The van der Waals surface area contributed by atoms with Gasteiger partial charge in [0.15, 0.2) is 5.96 Å². The molecule has 1 aromatic rings. The van der Waals surface area contributed by atoms with Crippen LogP contribution in [-0.4, -0.2) is 43.8 Å². The van der Waals surface area contributed by atoms with Crippen molar-refractivity contribution in [2.45, 2.75) is 18.7 Å². The molecule has 0 saturated carbocycles. The maximum absolute atomic E-state index is 11.4. The van der Waals surface area contributed by atoms with E-state index in [0.717, 1.165) is 23.9 Å². The Morgan fingerprint density at radius 3 is 2.39 bits per heavy atom. The first-order valence-corrected chi connectivity index (χ1v) is 8.69. The van der Waals surface area contributed by atoms with E-state index < -0.39 is 0 Å². The summed E-state index contributed by atoms with van der Waals surface area (Å²) in [4.78, 5) is 16.8. The van der Waals surface area contributed by atoms with Gasteiger partial charge in [0.25, 0.3) is 0 Å². The van der Waals surface area contributed by atoms with Gasteiger partial charge < -0.3 is 16.0 Å². The SMILES string of the molecule is CCNC(=O)CN=C(NCC)NCCSc1ccc(Cl)cc1.I. The standard InChI is InChI=1S/C15H23ClN4OS.HI/c1-3-17-14(21)11-20-15(18-4-2)19-9-10-22-13-7-5-12(16)6-8-13;/h5-8H,3-4,9-11H2,1-2H3,(H,17,21)(H2,18,19,20);1H. The largest absolute Gasteiger partial charge is 0.357 e. The van der Waals surface area contributed by atoms with Crippen LogP contribution in [0, 0.1) is 0 Å². The minimum atomic E-state index is -0.0738. The summed E-state index contributed by atoms with van der Waals surface area (Å²) in [5.41, 5.74) is 0. The zero-order chi connectivity index (χ0) is 16.2. The number of hydrogen-bond acceptors (Lipinski definition) is 3. The van der Waals surface area contributed by atoms with Crippen molar-refractivity contribution >= 4 is 59.2 Å². The molecule has 0 heterocycles. The van der Waals surface area contributed by atoms with Crippen LogP contribution in [0.15, 0.2) is 34.2 Å². The minimum Gasteiger partial charge on any atom is -0.357 e. The molecule has 0 fully saturated rings. The average Bonchev–Trinajstić information content (AvgIpc) is 2.51. The number of carbonyl (C=O) groups is 1. The molecular weight excluding hydrogens is 447 g/mol. The van der Waals surface area contributed by atoms with Gasteiger partial charge in [0.2, 0.25) is 5.91 Å². The third-order valence-electron chi connectivity index (χ3n) is 2.58. The quantitative estimate of drug-likeness (QED) is 0.180. The molecule has 0 saturated heterocycles. The Bertz CT molecular complexity index is 485. The maximum atomic E-state index is 11.4. The van der Waals surface area contributed by atoms with Crippen LogP contribution in [0.2, 0.25) is 5.02 Å².